The number of guanidine groups is 1. The van der Waals surface area contributed by atoms with E-state index in [1.165, 1.54) is 5.56 Å². The zero-order valence-electron chi connectivity index (χ0n) is 16.7. The molecule has 1 atom stereocenters. The van der Waals surface area contributed by atoms with Crippen LogP contribution in [0.1, 0.15) is 39.2 Å². The summed E-state index contributed by atoms with van der Waals surface area (Å²) in [5, 5.41) is 15.9. The fraction of sp³-hybridized carbons (Fsp3) is 0.650. The summed E-state index contributed by atoms with van der Waals surface area (Å²) in [6.07, 6.45) is 2.77. The number of nitrogens with zero attached hydrogens (tertiary/aromatic N) is 1. The normalized spacial score (nSPS) is 14.0. The van der Waals surface area contributed by atoms with E-state index >= 15 is 0 Å². The first-order chi connectivity index (χ1) is 12.6. The number of halogens is 1. The number of aliphatic hydroxyl groups is 1. The van der Waals surface area contributed by atoms with Crippen LogP contribution >= 0.6 is 24.0 Å². The van der Waals surface area contributed by atoms with Crippen LogP contribution in [-0.2, 0) is 6.42 Å². The lowest BCUT2D eigenvalue weighted by Gasteiger charge is -2.17. The van der Waals surface area contributed by atoms with Gasteiger partial charge in [0.1, 0.15) is 0 Å². The molecule has 1 heterocycles. The van der Waals surface area contributed by atoms with Gasteiger partial charge in [0.15, 0.2) is 17.5 Å². The molecular formula is C20H34IN3O3. The molecule has 3 N–H and O–H groups in total. The Hall–Kier alpha value is -1.22. The van der Waals surface area contributed by atoms with Gasteiger partial charge in [0.05, 0.1) is 0 Å². The van der Waals surface area contributed by atoms with Gasteiger partial charge < -0.3 is 25.2 Å². The molecule has 0 amide bonds. The average molecular weight is 491 g/mol. The standard InChI is InChI=1S/C20H33N3O3.HI/c1-4-21-20(23-13-17(8-10-24)11-15(2)3)22-9-7-16-5-6-18-19(12-16)26-14-25-18;/h5-6,12,15,17,24H,4,7-11,13-14H2,1-3H3,(H2,21,22,23);1H. The lowest BCUT2D eigenvalue weighted by Crippen LogP contribution is -2.38. The van der Waals surface area contributed by atoms with Gasteiger partial charge >= 0.3 is 0 Å². The van der Waals surface area contributed by atoms with Crippen LogP contribution in [0.15, 0.2) is 23.2 Å². The molecule has 7 heteroatoms. The number of aliphatic imine (C=N–C) groups is 1. The molecule has 27 heavy (non-hydrogen) atoms. The lowest BCUT2D eigenvalue weighted by molar-refractivity contribution is 0.174. The lowest BCUT2D eigenvalue weighted by atomic mass is 9.94. The average Bonchev–Trinajstić information content (AvgIpc) is 3.07. The predicted molar refractivity (Wildman–Crippen MR) is 120 cm³/mol. The summed E-state index contributed by atoms with van der Waals surface area (Å²) in [5.74, 6) is 3.51. The molecule has 154 valence electrons. The zero-order valence-corrected chi connectivity index (χ0v) is 19.0. The maximum absolute atomic E-state index is 9.25. The Labute approximate surface area is 180 Å². The van der Waals surface area contributed by atoms with Gasteiger partial charge in [-0.05, 0) is 55.7 Å². The number of aliphatic hydroxyl groups excluding tert-OH is 1. The summed E-state index contributed by atoms with van der Waals surface area (Å²) in [4.78, 5) is 4.71. The predicted octanol–water partition coefficient (Wildman–Crippen LogP) is 3.18. The number of hydrogen-bond donors (Lipinski definition) is 3. The van der Waals surface area contributed by atoms with E-state index in [1.807, 2.05) is 12.1 Å². The molecule has 0 radical (unpaired) electrons. The third kappa shape index (κ3) is 8.55. The molecule has 1 aliphatic rings. The van der Waals surface area contributed by atoms with Crippen molar-refractivity contribution in [3.8, 4) is 11.5 Å². The van der Waals surface area contributed by atoms with Crippen LogP contribution in [0, 0.1) is 11.8 Å². The summed E-state index contributed by atoms with van der Waals surface area (Å²) < 4.78 is 10.8. The second-order valence-corrected chi connectivity index (χ2v) is 7.09. The third-order valence-electron chi connectivity index (χ3n) is 4.34. The molecule has 0 bridgehead atoms. The van der Waals surface area contributed by atoms with E-state index in [0.717, 1.165) is 56.4 Å². The Balaban J connectivity index is 0.00000364. The monoisotopic (exact) mass is 491 g/mol. The van der Waals surface area contributed by atoms with Crippen LogP contribution in [0.2, 0.25) is 0 Å². The van der Waals surface area contributed by atoms with Crippen molar-refractivity contribution in [2.24, 2.45) is 16.8 Å². The fourth-order valence-corrected chi connectivity index (χ4v) is 3.12. The Morgan fingerprint density at radius 3 is 2.70 bits per heavy atom. The van der Waals surface area contributed by atoms with Crippen molar-refractivity contribution < 1.29 is 14.6 Å². The highest BCUT2D eigenvalue weighted by molar-refractivity contribution is 14.0. The molecule has 1 aliphatic heterocycles. The van der Waals surface area contributed by atoms with Crippen molar-refractivity contribution in [3.63, 3.8) is 0 Å². The summed E-state index contributed by atoms with van der Waals surface area (Å²) in [7, 11) is 0. The highest BCUT2D eigenvalue weighted by atomic mass is 127. The summed E-state index contributed by atoms with van der Waals surface area (Å²) in [6.45, 7) is 9.37. The van der Waals surface area contributed by atoms with Crippen molar-refractivity contribution in [2.75, 3.05) is 33.0 Å². The molecule has 1 unspecified atom stereocenters. The van der Waals surface area contributed by atoms with Crippen LogP contribution in [-0.4, -0.2) is 44.1 Å². The first-order valence-electron chi connectivity index (χ1n) is 9.64. The molecule has 0 aromatic heterocycles. The number of benzene rings is 1. The Morgan fingerprint density at radius 2 is 2.00 bits per heavy atom. The highest BCUT2D eigenvalue weighted by Crippen LogP contribution is 2.32. The maximum Gasteiger partial charge on any atom is 0.231 e. The highest BCUT2D eigenvalue weighted by Gasteiger charge is 2.13. The van der Waals surface area contributed by atoms with Crippen molar-refractivity contribution in [3.05, 3.63) is 23.8 Å². The summed E-state index contributed by atoms with van der Waals surface area (Å²) >= 11 is 0. The molecule has 6 nitrogen and oxygen atoms in total. The number of rotatable bonds is 10. The van der Waals surface area contributed by atoms with Crippen LogP contribution in [0.5, 0.6) is 11.5 Å². The maximum atomic E-state index is 9.25. The van der Waals surface area contributed by atoms with E-state index in [-0.39, 0.29) is 30.6 Å². The molecule has 1 aromatic rings. The van der Waals surface area contributed by atoms with Gasteiger partial charge in [-0.2, -0.15) is 0 Å². The van der Waals surface area contributed by atoms with Gasteiger partial charge in [-0.1, -0.05) is 19.9 Å². The van der Waals surface area contributed by atoms with Crippen molar-refractivity contribution in [2.45, 2.75) is 40.0 Å². The first-order valence-corrected chi connectivity index (χ1v) is 9.64. The minimum Gasteiger partial charge on any atom is -0.454 e. The van der Waals surface area contributed by atoms with Crippen molar-refractivity contribution in [1.29, 1.82) is 0 Å². The number of fused-ring (bicyclic) bond motifs is 1. The van der Waals surface area contributed by atoms with E-state index in [2.05, 4.69) is 37.5 Å². The van der Waals surface area contributed by atoms with Crippen molar-refractivity contribution in [1.82, 2.24) is 10.6 Å². The third-order valence-corrected chi connectivity index (χ3v) is 4.34. The van der Waals surface area contributed by atoms with E-state index in [0.29, 0.717) is 18.6 Å². The Morgan fingerprint density at radius 1 is 1.22 bits per heavy atom. The topological polar surface area (TPSA) is 75.1 Å². The molecule has 0 spiro atoms. The zero-order chi connectivity index (χ0) is 18.8. The number of ether oxygens (including phenoxy) is 2. The quantitative estimate of drug-likeness (QED) is 0.267. The minimum atomic E-state index is 0. The van der Waals surface area contributed by atoms with Gasteiger partial charge in [0.2, 0.25) is 6.79 Å². The number of hydrogen-bond acceptors (Lipinski definition) is 4. The second-order valence-electron chi connectivity index (χ2n) is 7.09. The number of nitrogens with one attached hydrogen (secondary N) is 2. The van der Waals surface area contributed by atoms with Gasteiger partial charge in [-0.25, -0.2) is 0 Å². The molecule has 0 aliphatic carbocycles. The van der Waals surface area contributed by atoms with E-state index in [1.54, 1.807) is 0 Å². The van der Waals surface area contributed by atoms with Gasteiger partial charge in [-0.3, -0.25) is 4.99 Å². The van der Waals surface area contributed by atoms with Gasteiger partial charge in [0, 0.05) is 26.2 Å². The Kier molecular flexibility index (Phi) is 11.5. The van der Waals surface area contributed by atoms with Gasteiger partial charge in [-0.15, -0.1) is 24.0 Å². The second kappa shape index (κ2) is 13.0. The molecule has 0 saturated heterocycles. The van der Waals surface area contributed by atoms with Crippen LogP contribution in [0.25, 0.3) is 0 Å². The molecule has 0 saturated carbocycles. The van der Waals surface area contributed by atoms with E-state index in [9.17, 15) is 5.11 Å². The smallest absolute Gasteiger partial charge is 0.231 e. The van der Waals surface area contributed by atoms with Gasteiger partial charge in [0.25, 0.3) is 0 Å². The fourth-order valence-electron chi connectivity index (χ4n) is 3.12. The van der Waals surface area contributed by atoms with Crippen LogP contribution in [0.3, 0.4) is 0 Å². The van der Waals surface area contributed by atoms with E-state index in [4.69, 9.17) is 14.5 Å². The molecule has 0 fully saturated rings. The van der Waals surface area contributed by atoms with Crippen molar-refractivity contribution >= 4 is 29.9 Å². The molecule has 1 aromatic carbocycles. The summed E-state index contributed by atoms with van der Waals surface area (Å²) in [6, 6.07) is 6.07. The first kappa shape index (κ1) is 23.8. The largest absolute Gasteiger partial charge is 0.454 e. The molecular weight excluding hydrogens is 457 g/mol. The van der Waals surface area contributed by atoms with E-state index < -0.39 is 0 Å². The minimum absolute atomic E-state index is 0. The summed E-state index contributed by atoms with van der Waals surface area (Å²) in [5.41, 5.74) is 1.20. The molecule has 2 rings (SSSR count). The Bertz CT molecular complexity index is 582. The van der Waals surface area contributed by atoms with Crippen LogP contribution < -0.4 is 20.1 Å². The van der Waals surface area contributed by atoms with Crippen LogP contribution in [0.4, 0.5) is 0 Å². The SMILES string of the molecule is CCNC(=NCC(CCO)CC(C)C)NCCc1ccc2c(c1)OCO2.I.